The Morgan fingerprint density at radius 1 is 1.45 bits per heavy atom. The van der Waals surface area contributed by atoms with Gasteiger partial charge in [-0.1, -0.05) is 18.3 Å². The lowest BCUT2D eigenvalue weighted by molar-refractivity contribution is 0.378. The largest absolute Gasteiger partial charge is 0.501 e. The van der Waals surface area contributed by atoms with Crippen LogP contribution in [0.3, 0.4) is 0 Å². The highest BCUT2D eigenvalue weighted by Gasteiger charge is 2.22. The molecule has 6 heteroatoms. The van der Waals surface area contributed by atoms with Crippen LogP contribution in [0.15, 0.2) is 24.5 Å². The van der Waals surface area contributed by atoms with E-state index >= 15 is 0 Å². The number of hydrogen-bond acceptors (Lipinski definition) is 4. The van der Waals surface area contributed by atoms with E-state index in [0.29, 0.717) is 5.92 Å². The number of H-pyrrole nitrogens is 1. The van der Waals surface area contributed by atoms with E-state index in [0.717, 1.165) is 12.0 Å². The number of rotatable bonds is 4. The molecule has 0 aliphatic heterocycles. The van der Waals surface area contributed by atoms with Crippen LogP contribution in [-0.4, -0.2) is 15.1 Å². The Hall–Kier alpha value is -1.95. The van der Waals surface area contributed by atoms with Gasteiger partial charge in [-0.25, -0.2) is 9.37 Å². The van der Waals surface area contributed by atoms with Crippen LogP contribution >= 0.6 is 12.2 Å². The standard InChI is InChI=1S/C14H13FN2O2S/c15-10-6-9(5-8-1-2-8)3-4-11(10)19-13-12(18)14(20)17-7-16-13/h3-4,6-8,18H,1-2,5H2,(H,16,17,20). The molecule has 1 fully saturated rings. The number of aromatic amines is 1. The van der Waals surface area contributed by atoms with Crippen molar-refractivity contribution in [2.24, 2.45) is 5.92 Å². The van der Waals surface area contributed by atoms with Gasteiger partial charge in [0.15, 0.2) is 16.2 Å². The van der Waals surface area contributed by atoms with Crippen LogP contribution < -0.4 is 4.74 Å². The molecular formula is C14H13FN2O2S. The third kappa shape index (κ3) is 2.80. The summed E-state index contributed by atoms with van der Waals surface area (Å²) >= 11 is 4.81. The molecule has 1 aliphatic carbocycles. The maximum absolute atomic E-state index is 14.0. The molecule has 0 unspecified atom stereocenters. The second kappa shape index (κ2) is 5.20. The quantitative estimate of drug-likeness (QED) is 0.843. The lowest BCUT2D eigenvalue weighted by atomic mass is 10.1. The van der Waals surface area contributed by atoms with Gasteiger partial charge in [0.2, 0.25) is 11.6 Å². The first-order valence-electron chi connectivity index (χ1n) is 6.36. The molecule has 0 radical (unpaired) electrons. The molecule has 4 nitrogen and oxygen atoms in total. The molecule has 0 saturated heterocycles. The molecule has 1 saturated carbocycles. The zero-order chi connectivity index (χ0) is 14.1. The Morgan fingerprint density at radius 2 is 2.25 bits per heavy atom. The minimum atomic E-state index is -0.460. The molecule has 1 heterocycles. The number of hydrogen-bond donors (Lipinski definition) is 2. The molecular weight excluding hydrogens is 279 g/mol. The fraction of sp³-hybridized carbons (Fsp3) is 0.286. The van der Waals surface area contributed by atoms with Crippen molar-refractivity contribution in [2.75, 3.05) is 0 Å². The summed E-state index contributed by atoms with van der Waals surface area (Å²) in [6.07, 6.45) is 4.64. The van der Waals surface area contributed by atoms with Crippen molar-refractivity contribution in [3.8, 4) is 17.4 Å². The summed E-state index contributed by atoms with van der Waals surface area (Å²) in [5.74, 6) is -0.0419. The van der Waals surface area contributed by atoms with Crippen LogP contribution in [0.4, 0.5) is 4.39 Å². The van der Waals surface area contributed by atoms with Crippen LogP contribution in [0, 0.1) is 16.4 Å². The van der Waals surface area contributed by atoms with Crippen molar-refractivity contribution < 1.29 is 14.2 Å². The molecule has 104 valence electrons. The molecule has 1 aromatic carbocycles. The molecule has 0 atom stereocenters. The van der Waals surface area contributed by atoms with E-state index in [4.69, 9.17) is 17.0 Å². The third-order valence-corrected chi connectivity index (χ3v) is 3.52. The number of aromatic hydroxyl groups is 1. The number of benzene rings is 1. The monoisotopic (exact) mass is 292 g/mol. The Morgan fingerprint density at radius 3 is 2.95 bits per heavy atom. The smallest absolute Gasteiger partial charge is 0.244 e. The van der Waals surface area contributed by atoms with E-state index in [1.165, 1.54) is 25.2 Å². The van der Waals surface area contributed by atoms with E-state index < -0.39 is 5.82 Å². The number of nitrogens with one attached hydrogen (secondary N) is 1. The maximum atomic E-state index is 14.0. The minimum absolute atomic E-state index is 0.00418. The molecule has 3 rings (SSSR count). The lowest BCUT2D eigenvalue weighted by Crippen LogP contribution is -1.95. The summed E-state index contributed by atoms with van der Waals surface area (Å²) in [5, 5.41) is 9.69. The number of nitrogens with zero attached hydrogens (tertiary/aromatic N) is 1. The number of ether oxygens (including phenoxy) is 1. The fourth-order valence-electron chi connectivity index (χ4n) is 1.97. The molecule has 0 amide bonds. The highest BCUT2D eigenvalue weighted by Crippen LogP contribution is 2.34. The highest BCUT2D eigenvalue weighted by atomic mass is 32.1. The Kier molecular flexibility index (Phi) is 3.40. The molecule has 2 N–H and O–H groups in total. The van der Waals surface area contributed by atoms with Gasteiger partial charge < -0.3 is 14.8 Å². The van der Waals surface area contributed by atoms with E-state index in [1.807, 2.05) is 6.07 Å². The summed E-state index contributed by atoms with van der Waals surface area (Å²) in [5.41, 5.74) is 0.962. The van der Waals surface area contributed by atoms with Crippen LogP contribution in [0.2, 0.25) is 0 Å². The normalized spacial score (nSPS) is 14.2. The van der Waals surface area contributed by atoms with Crippen LogP contribution in [-0.2, 0) is 6.42 Å². The van der Waals surface area contributed by atoms with Crippen LogP contribution in [0.1, 0.15) is 18.4 Å². The average Bonchev–Trinajstić information content (AvgIpc) is 3.22. The second-order valence-electron chi connectivity index (χ2n) is 4.90. The van der Waals surface area contributed by atoms with E-state index in [1.54, 1.807) is 6.07 Å². The maximum Gasteiger partial charge on any atom is 0.244 e. The molecule has 20 heavy (non-hydrogen) atoms. The summed E-state index contributed by atoms with van der Waals surface area (Å²) in [6.45, 7) is 0. The van der Waals surface area contributed by atoms with Gasteiger partial charge in [0.1, 0.15) is 0 Å². The number of halogens is 1. The minimum Gasteiger partial charge on any atom is -0.501 e. The van der Waals surface area contributed by atoms with Gasteiger partial charge in [-0.15, -0.1) is 0 Å². The van der Waals surface area contributed by atoms with Crippen molar-refractivity contribution in [1.29, 1.82) is 0 Å². The van der Waals surface area contributed by atoms with E-state index in [2.05, 4.69) is 9.97 Å². The van der Waals surface area contributed by atoms with Crippen molar-refractivity contribution in [1.82, 2.24) is 9.97 Å². The molecule has 0 spiro atoms. The molecule has 2 aromatic rings. The highest BCUT2D eigenvalue weighted by molar-refractivity contribution is 7.71. The zero-order valence-corrected chi connectivity index (χ0v) is 11.4. The predicted molar refractivity (Wildman–Crippen MR) is 74.0 cm³/mol. The van der Waals surface area contributed by atoms with Gasteiger partial charge in [-0.3, -0.25) is 0 Å². The van der Waals surface area contributed by atoms with Gasteiger partial charge in [0, 0.05) is 0 Å². The fourth-order valence-corrected chi connectivity index (χ4v) is 2.12. The van der Waals surface area contributed by atoms with Crippen molar-refractivity contribution >= 4 is 12.2 Å². The average molecular weight is 292 g/mol. The lowest BCUT2D eigenvalue weighted by Gasteiger charge is -2.09. The predicted octanol–water partition coefficient (Wildman–Crippen LogP) is 3.73. The Labute approximate surface area is 120 Å². The molecule has 1 aromatic heterocycles. The first-order valence-corrected chi connectivity index (χ1v) is 6.77. The Balaban J connectivity index is 1.83. The topological polar surface area (TPSA) is 58.1 Å². The third-order valence-electron chi connectivity index (χ3n) is 3.22. The van der Waals surface area contributed by atoms with E-state index in [-0.39, 0.29) is 22.0 Å². The van der Waals surface area contributed by atoms with Crippen molar-refractivity contribution in [3.05, 3.63) is 40.5 Å². The SMILES string of the molecule is Oc1c(Oc2ccc(CC3CC3)cc2F)[nH]cnc1=S. The van der Waals surface area contributed by atoms with Gasteiger partial charge >= 0.3 is 0 Å². The number of aromatic nitrogens is 2. The molecule has 1 aliphatic rings. The van der Waals surface area contributed by atoms with Gasteiger partial charge in [0.05, 0.1) is 6.33 Å². The summed E-state index contributed by atoms with van der Waals surface area (Å²) in [4.78, 5) is 6.29. The van der Waals surface area contributed by atoms with Crippen molar-refractivity contribution in [3.63, 3.8) is 0 Å². The first-order chi connectivity index (χ1) is 9.63. The molecule has 0 bridgehead atoms. The summed E-state index contributed by atoms with van der Waals surface area (Å²) in [6, 6.07) is 4.87. The Bertz CT molecular complexity index is 698. The van der Waals surface area contributed by atoms with Gasteiger partial charge in [0.25, 0.3) is 0 Å². The van der Waals surface area contributed by atoms with E-state index in [9.17, 15) is 9.50 Å². The summed E-state index contributed by atoms with van der Waals surface area (Å²) < 4.78 is 19.3. The second-order valence-corrected chi connectivity index (χ2v) is 5.29. The summed E-state index contributed by atoms with van der Waals surface area (Å²) in [7, 11) is 0. The van der Waals surface area contributed by atoms with Crippen LogP contribution in [0.5, 0.6) is 17.4 Å². The zero-order valence-electron chi connectivity index (χ0n) is 10.6. The van der Waals surface area contributed by atoms with Crippen LogP contribution in [0.25, 0.3) is 0 Å². The van der Waals surface area contributed by atoms with Crippen molar-refractivity contribution in [2.45, 2.75) is 19.3 Å². The first kappa shape index (κ1) is 13.1. The van der Waals surface area contributed by atoms with Gasteiger partial charge in [-0.2, -0.15) is 0 Å². The van der Waals surface area contributed by atoms with Gasteiger partial charge in [-0.05, 0) is 42.9 Å².